The smallest absolute Gasteiger partial charge is 0.412 e. The maximum Gasteiger partial charge on any atom is 0.412 e. The Morgan fingerprint density at radius 2 is 1.78 bits per heavy atom. The van der Waals surface area contributed by atoms with Crippen LogP contribution < -0.4 is 15.0 Å². The monoisotopic (exact) mass is 834 g/mol. The zero-order valence-electron chi connectivity index (χ0n) is 33.7. The predicted molar refractivity (Wildman–Crippen MR) is 212 cm³/mol. The van der Waals surface area contributed by atoms with Gasteiger partial charge in [0, 0.05) is 37.0 Å². The second kappa shape index (κ2) is 14.1. The fourth-order valence-corrected chi connectivity index (χ4v) is 10.5. The van der Waals surface area contributed by atoms with Gasteiger partial charge in [0.2, 0.25) is 0 Å². The molecule has 9 rings (SSSR count). The Morgan fingerprint density at radius 1 is 1.05 bits per heavy atom. The van der Waals surface area contributed by atoms with Crippen molar-refractivity contribution in [1.82, 2.24) is 24.8 Å². The fourth-order valence-electron chi connectivity index (χ4n) is 9.42. The summed E-state index contributed by atoms with van der Waals surface area (Å²) >= 11 is 0.817. The molecule has 14 nitrogen and oxygen atoms in total. The Balaban J connectivity index is 1.18. The number of halogens is 3. The lowest BCUT2D eigenvalue weighted by Gasteiger charge is -2.56. The largest absolute Gasteiger partial charge is 0.461 e. The number of nitrogens with one attached hydrogen (secondary N) is 1. The quantitative estimate of drug-likeness (QED) is 0.204. The highest BCUT2D eigenvalue weighted by atomic mass is 32.1. The van der Waals surface area contributed by atoms with E-state index in [2.05, 4.69) is 26.2 Å². The van der Waals surface area contributed by atoms with E-state index < -0.39 is 46.7 Å². The summed E-state index contributed by atoms with van der Waals surface area (Å²) < 4.78 is 71.5. The third-order valence-electron chi connectivity index (χ3n) is 11.7. The minimum Gasteiger partial charge on any atom is -0.461 e. The Morgan fingerprint density at radius 3 is 2.49 bits per heavy atom. The van der Waals surface area contributed by atoms with Crippen LogP contribution in [0.25, 0.3) is 32.2 Å². The van der Waals surface area contributed by atoms with Gasteiger partial charge in [0.25, 0.3) is 0 Å². The van der Waals surface area contributed by atoms with Gasteiger partial charge in [0.05, 0.1) is 58.4 Å². The summed E-state index contributed by atoms with van der Waals surface area (Å²) in [6.07, 6.45) is 1.44. The summed E-state index contributed by atoms with van der Waals surface area (Å²) in [5, 5.41) is 13.4. The molecule has 4 fully saturated rings. The Kier molecular flexibility index (Phi) is 9.40. The van der Waals surface area contributed by atoms with Gasteiger partial charge in [-0.05, 0) is 78.5 Å². The van der Waals surface area contributed by atoms with Gasteiger partial charge in [-0.25, -0.2) is 22.8 Å². The molecule has 1 N–H and O–H groups in total. The normalized spacial score (nSPS) is 23.9. The SMILES string of the molecule is CC(C)(C)OC(=O)Nc1sc2c(F)cnc(-c3c4c(c5c(N6C7CC6CN(C(=O)OC(C)(C)C)C7)nc(OC[C@@]67CCCN6C[C@H](F)C7)nc5c3F)COC4)c2c1C#N. The summed E-state index contributed by atoms with van der Waals surface area (Å²) in [5.41, 5.74) is -1.26. The number of likely N-dealkylation sites (tertiary alicyclic amines) is 1. The number of alkyl halides is 1. The van der Waals surface area contributed by atoms with Crippen LogP contribution >= 0.6 is 11.3 Å². The van der Waals surface area contributed by atoms with Crippen molar-refractivity contribution in [3.8, 4) is 23.3 Å². The molecular weight excluding hydrogens is 790 g/mol. The van der Waals surface area contributed by atoms with Crippen LogP contribution in [0.4, 0.5) is 33.6 Å². The first-order valence-corrected chi connectivity index (χ1v) is 20.7. The molecule has 2 amide bonds. The lowest BCUT2D eigenvalue weighted by atomic mass is 9.86. The topological polar surface area (TPSA) is 155 Å². The number of aromatic nitrogens is 3. The van der Waals surface area contributed by atoms with Crippen LogP contribution in [0.5, 0.6) is 6.01 Å². The van der Waals surface area contributed by atoms with Gasteiger partial charge in [-0.1, -0.05) is 0 Å². The minimum absolute atomic E-state index is 0.0109. The second-order valence-corrected chi connectivity index (χ2v) is 19.1. The van der Waals surface area contributed by atoms with E-state index in [1.54, 1.807) is 25.7 Å². The zero-order valence-corrected chi connectivity index (χ0v) is 34.5. The molecule has 0 aliphatic carbocycles. The van der Waals surface area contributed by atoms with Crippen LogP contribution in [0.15, 0.2) is 6.20 Å². The molecule has 0 saturated carbocycles. The molecule has 4 atom stereocenters. The van der Waals surface area contributed by atoms with Crippen molar-refractivity contribution in [2.45, 2.75) is 115 Å². The van der Waals surface area contributed by atoms with Gasteiger partial charge < -0.3 is 28.7 Å². The highest BCUT2D eigenvalue weighted by molar-refractivity contribution is 7.23. The number of ether oxygens (including phenoxy) is 4. The van der Waals surface area contributed by atoms with Gasteiger partial charge in [-0.3, -0.25) is 15.2 Å². The molecule has 4 aromatic rings. The molecular formula is C41H45F3N8O6S. The van der Waals surface area contributed by atoms with Crippen LogP contribution in [0, 0.1) is 23.0 Å². The van der Waals surface area contributed by atoms with Gasteiger partial charge in [0.15, 0.2) is 11.6 Å². The van der Waals surface area contributed by atoms with E-state index in [1.165, 1.54) is 0 Å². The highest BCUT2D eigenvalue weighted by Gasteiger charge is 2.51. The van der Waals surface area contributed by atoms with E-state index in [0.717, 1.165) is 43.3 Å². The molecule has 0 spiro atoms. The predicted octanol–water partition coefficient (Wildman–Crippen LogP) is 7.59. The molecule has 4 saturated heterocycles. The number of amides is 2. The standard InChI is InChI=1S/C41H45F3N8O6S/c1-39(2,3)57-37(53)49-35-23(12-45)28-31(46-13-26(43)33(28)59-35)27-24-17-55-18-25(24)29-32(30(27)44)47-36(56-19-41-8-7-9-51(41)14-20(42)11-41)48-34(29)52-21-10-22(52)16-50(15-21)38(54)58-40(4,5)6/h13,20-22H,7-11,14-19H2,1-6H3,(H,49,53)/t20-,21?,22?,41+/m1/s1. The number of carbonyl (C=O) groups excluding carboxylic acids is 2. The van der Waals surface area contributed by atoms with Crippen LogP contribution in [0.2, 0.25) is 0 Å². The summed E-state index contributed by atoms with van der Waals surface area (Å²) in [6.45, 7) is 12.5. The van der Waals surface area contributed by atoms with Crippen molar-refractivity contribution in [3.63, 3.8) is 0 Å². The van der Waals surface area contributed by atoms with Crippen molar-refractivity contribution in [3.05, 3.63) is 34.5 Å². The number of hydrogen-bond donors (Lipinski definition) is 1. The molecule has 5 aliphatic rings. The molecule has 2 unspecified atom stereocenters. The summed E-state index contributed by atoms with van der Waals surface area (Å²) in [7, 11) is 0. The van der Waals surface area contributed by atoms with Crippen molar-refractivity contribution in [2.75, 3.05) is 43.0 Å². The Labute approximate surface area is 342 Å². The Hall–Kier alpha value is -4.99. The molecule has 3 aromatic heterocycles. The van der Waals surface area contributed by atoms with Crippen molar-refractivity contribution < 1.29 is 41.7 Å². The number of pyridine rings is 1. The van der Waals surface area contributed by atoms with Crippen LogP contribution in [-0.4, -0.2) is 105 Å². The average molecular weight is 835 g/mol. The fraction of sp³-hybridized carbons (Fsp3) is 0.561. The van der Waals surface area contributed by atoms with Crippen LogP contribution in [0.3, 0.4) is 0 Å². The zero-order chi connectivity index (χ0) is 41.8. The summed E-state index contributed by atoms with van der Waals surface area (Å²) in [4.78, 5) is 45.8. The maximum atomic E-state index is 17.8. The van der Waals surface area contributed by atoms with Crippen LogP contribution in [0.1, 0.15) is 83.9 Å². The number of piperidine rings is 1. The van der Waals surface area contributed by atoms with Gasteiger partial charge in [0.1, 0.15) is 46.4 Å². The first-order chi connectivity index (χ1) is 27.9. The molecule has 1 aromatic carbocycles. The summed E-state index contributed by atoms with van der Waals surface area (Å²) in [5.74, 6) is -1.14. The number of rotatable bonds is 6. The van der Waals surface area contributed by atoms with E-state index >= 15 is 8.78 Å². The number of carbonyl (C=O) groups is 2. The van der Waals surface area contributed by atoms with E-state index in [1.807, 2.05) is 20.8 Å². The van der Waals surface area contributed by atoms with Gasteiger partial charge in [-0.15, -0.1) is 11.3 Å². The Bertz CT molecular complexity index is 2450. The van der Waals surface area contributed by atoms with Crippen molar-refractivity contribution >= 4 is 55.3 Å². The number of nitrogens with zero attached hydrogens (tertiary/aromatic N) is 7. The van der Waals surface area contributed by atoms with E-state index in [-0.39, 0.29) is 75.3 Å². The first-order valence-electron chi connectivity index (χ1n) is 19.9. The molecule has 2 bridgehead atoms. The number of nitriles is 1. The number of piperazine rings is 1. The minimum atomic E-state index is -0.988. The lowest BCUT2D eigenvalue weighted by molar-refractivity contribution is 0.00841. The van der Waals surface area contributed by atoms with Gasteiger partial charge in [-0.2, -0.15) is 15.2 Å². The molecule has 59 heavy (non-hydrogen) atoms. The summed E-state index contributed by atoms with van der Waals surface area (Å²) in [6, 6.07) is 1.63. The molecule has 18 heteroatoms. The van der Waals surface area contributed by atoms with E-state index in [0.29, 0.717) is 48.4 Å². The third-order valence-corrected chi connectivity index (χ3v) is 12.8. The second-order valence-electron chi connectivity index (χ2n) is 18.1. The van der Waals surface area contributed by atoms with Gasteiger partial charge >= 0.3 is 18.2 Å². The molecule has 312 valence electrons. The average Bonchev–Trinajstić information content (AvgIpc) is 3.93. The van der Waals surface area contributed by atoms with E-state index in [4.69, 9.17) is 28.9 Å². The first kappa shape index (κ1) is 39.5. The van der Waals surface area contributed by atoms with Crippen molar-refractivity contribution in [2.24, 2.45) is 0 Å². The lowest BCUT2D eigenvalue weighted by Crippen LogP contribution is -2.70. The number of fused-ring (bicyclic) bond motifs is 7. The number of anilines is 2. The number of hydrogen-bond acceptors (Lipinski definition) is 13. The third kappa shape index (κ3) is 6.84. The highest BCUT2D eigenvalue weighted by Crippen LogP contribution is 2.49. The van der Waals surface area contributed by atoms with Crippen LogP contribution in [-0.2, 0) is 27.4 Å². The number of thiophene rings is 1. The number of benzene rings is 1. The van der Waals surface area contributed by atoms with Crippen molar-refractivity contribution in [1.29, 1.82) is 5.26 Å². The molecule has 0 radical (unpaired) electrons. The van der Waals surface area contributed by atoms with E-state index in [9.17, 15) is 19.2 Å². The molecule has 8 heterocycles. The molecule has 5 aliphatic heterocycles. The maximum absolute atomic E-state index is 17.8.